The van der Waals surface area contributed by atoms with Crippen LogP contribution < -0.4 is 20.1 Å². The van der Waals surface area contributed by atoms with Gasteiger partial charge in [-0.3, -0.25) is 9.59 Å². The molecule has 2 aromatic carbocycles. The average molecular weight is 685 g/mol. The first kappa shape index (κ1) is 34.7. The molecule has 12 heteroatoms. The van der Waals surface area contributed by atoms with Gasteiger partial charge in [0.1, 0.15) is 40.8 Å². The highest BCUT2D eigenvalue weighted by atomic mass is 16.6. The molecule has 1 saturated heterocycles. The van der Waals surface area contributed by atoms with Gasteiger partial charge >= 0.3 is 12.1 Å². The van der Waals surface area contributed by atoms with Gasteiger partial charge in [-0.1, -0.05) is 42.5 Å². The second kappa shape index (κ2) is 14.0. The molecular weight excluding hydrogens is 640 g/mol. The van der Waals surface area contributed by atoms with Crippen LogP contribution in [-0.4, -0.2) is 83.9 Å². The number of esters is 1. The Kier molecular flexibility index (Phi) is 9.73. The molecule has 0 radical (unpaired) electrons. The largest absolute Gasteiger partial charge is 0.497 e. The number of ether oxygens (including phenoxy) is 4. The van der Waals surface area contributed by atoms with E-state index in [-0.39, 0.29) is 18.9 Å². The van der Waals surface area contributed by atoms with E-state index in [2.05, 4.69) is 10.6 Å². The molecular formula is C38H44N4O8. The Balaban J connectivity index is 1.34. The molecule has 2 aliphatic heterocycles. The van der Waals surface area contributed by atoms with Gasteiger partial charge in [0.05, 0.1) is 32.0 Å². The summed E-state index contributed by atoms with van der Waals surface area (Å²) < 4.78 is 22.7. The number of aromatic nitrogens is 1. The topological polar surface area (TPSA) is 145 Å². The van der Waals surface area contributed by atoms with E-state index >= 15 is 0 Å². The lowest BCUT2D eigenvalue weighted by Crippen LogP contribution is -2.56. The van der Waals surface area contributed by atoms with Crippen molar-refractivity contribution in [1.29, 1.82) is 0 Å². The van der Waals surface area contributed by atoms with Crippen LogP contribution in [0.4, 0.5) is 4.79 Å². The Labute approximate surface area is 291 Å². The average Bonchev–Trinajstić information content (AvgIpc) is 3.61. The van der Waals surface area contributed by atoms with Crippen molar-refractivity contribution in [2.45, 2.75) is 82.2 Å². The van der Waals surface area contributed by atoms with Crippen LogP contribution in [0.15, 0.2) is 66.7 Å². The number of carbonyl (C=O) groups excluding carboxylic acids is 4. The monoisotopic (exact) mass is 684 g/mol. The van der Waals surface area contributed by atoms with Crippen LogP contribution in [0.2, 0.25) is 0 Å². The first-order valence-electron chi connectivity index (χ1n) is 17.0. The lowest BCUT2D eigenvalue weighted by molar-refractivity contribution is -0.148. The number of nitrogens with zero attached hydrogens (tertiary/aromatic N) is 2. The highest BCUT2D eigenvalue weighted by Crippen LogP contribution is 2.46. The van der Waals surface area contributed by atoms with Crippen molar-refractivity contribution in [1.82, 2.24) is 20.5 Å². The quantitative estimate of drug-likeness (QED) is 0.273. The molecule has 0 spiro atoms. The second-order valence-corrected chi connectivity index (χ2v) is 14.1. The van der Waals surface area contributed by atoms with Crippen LogP contribution in [0.3, 0.4) is 0 Å². The summed E-state index contributed by atoms with van der Waals surface area (Å²) in [6, 6.07) is 15.2. The maximum atomic E-state index is 14.3. The molecule has 0 bridgehead atoms. The summed E-state index contributed by atoms with van der Waals surface area (Å²) in [4.78, 5) is 60.7. The van der Waals surface area contributed by atoms with E-state index in [1.807, 2.05) is 66.7 Å². The molecule has 1 saturated carbocycles. The Hall–Kier alpha value is -5.13. The lowest BCUT2D eigenvalue weighted by Gasteiger charge is -2.30. The molecule has 3 aromatic rings. The number of alkyl carbamates (subject to hydrolysis) is 1. The maximum absolute atomic E-state index is 14.3. The fraction of sp³-hybridized carbons (Fsp3) is 0.447. The molecule has 5 atom stereocenters. The van der Waals surface area contributed by atoms with E-state index in [0.717, 1.165) is 10.9 Å². The third-order valence-corrected chi connectivity index (χ3v) is 9.32. The van der Waals surface area contributed by atoms with E-state index in [0.29, 0.717) is 48.4 Å². The molecule has 264 valence electrons. The molecule has 12 nitrogen and oxygen atoms in total. The first-order chi connectivity index (χ1) is 23.9. The molecule has 1 aliphatic carbocycles. The van der Waals surface area contributed by atoms with Crippen molar-refractivity contribution in [2.75, 3.05) is 20.8 Å². The van der Waals surface area contributed by atoms with Crippen molar-refractivity contribution in [3.63, 3.8) is 0 Å². The number of amides is 3. The zero-order chi connectivity index (χ0) is 35.6. The van der Waals surface area contributed by atoms with Gasteiger partial charge in [0.2, 0.25) is 11.8 Å². The summed E-state index contributed by atoms with van der Waals surface area (Å²) in [5.74, 6) is -0.513. The summed E-state index contributed by atoms with van der Waals surface area (Å²) in [5.41, 5.74) is 0.257. The lowest BCUT2D eigenvalue weighted by atomic mass is 10.1. The van der Waals surface area contributed by atoms with Gasteiger partial charge in [0.25, 0.3) is 0 Å². The van der Waals surface area contributed by atoms with Gasteiger partial charge in [-0.25, -0.2) is 14.6 Å². The SMILES string of the molecule is COC(=O)[C@@]12C[C@@H]1/C=C/CCC[C@H](NC(=O)OC(C)(C)C)C(=O)N1C[C@H](Oc3cc(-c4ccccc4)nc4cc(OC)ccc34)C[C@H]1C(=O)N2. The van der Waals surface area contributed by atoms with Crippen molar-refractivity contribution in [3.05, 3.63) is 66.7 Å². The Morgan fingerprint density at radius 2 is 1.84 bits per heavy atom. The number of nitrogens with one attached hydrogen (secondary N) is 2. The molecule has 6 rings (SSSR count). The summed E-state index contributed by atoms with van der Waals surface area (Å²) in [7, 11) is 2.89. The Morgan fingerprint density at radius 1 is 1.06 bits per heavy atom. The maximum Gasteiger partial charge on any atom is 0.408 e. The zero-order valence-electron chi connectivity index (χ0n) is 29.1. The van der Waals surface area contributed by atoms with E-state index < -0.39 is 53.2 Å². The molecule has 3 heterocycles. The molecule has 3 amide bonds. The summed E-state index contributed by atoms with van der Waals surface area (Å²) in [6.45, 7) is 5.31. The fourth-order valence-corrected chi connectivity index (χ4v) is 6.75. The van der Waals surface area contributed by atoms with Crippen LogP contribution in [0, 0.1) is 5.92 Å². The molecule has 50 heavy (non-hydrogen) atoms. The van der Waals surface area contributed by atoms with Crippen LogP contribution in [0.5, 0.6) is 11.5 Å². The van der Waals surface area contributed by atoms with Crippen molar-refractivity contribution < 1.29 is 38.1 Å². The van der Waals surface area contributed by atoms with Gasteiger partial charge in [-0.2, -0.15) is 0 Å². The van der Waals surface area contributed by atoms with E-state index in [9.17, 15) is 19.2 Å². The van der Waals surface area contributed by atoms with Crippen LogP contribution in [0.1, 0.15) is 52.9 Å². The summed E-state index contributed by atoms with van der Waals surface area (Å²) >= 11 is 0. The van der Waals surface area contributed by atoms with Crippen molar-refractivity contribution in [2.24, 2.45) is 5.92 Å². The third kappa shape index (κ3) is 7.39. The van der Waals surface area contributed by atoms with E-state index in [4.69, 9.17) is 23.9 Å². The number of benzene rings is 2. The summed E-state index contributed by atoms with van der Waals surface area (Å²) in [6.07, 6.45) is 4.59. The van der Waals surface area contributed by atoms with Gasteiger partial charge in [0.15, 0.2) is 0 Å². The number of hydrogen-bond donors (Lipinski definition) is 2. The first-order valence-corrected chi connectivity index (χ1v) is 17.0. The van der Waals surface area contributed by atoms with Crippen LogP contribution in [-0.2, 0) is 23.9 Å². The number of allylic oxidation sites excluding steroid dienone is 1. The number of hydrogen-bond acceptors (Lipinski definition) is 9. The van der Waals surface area contributed by atoms with Crippen molar-refractivity contribution >= 4 is 34.8 Å². The number of fused-ring (bicyclic) bond motifs is 3. The smallest absolute Gasteiger partial charge is 0.408 e. The minimum Gasteiger partial charge on any atom is -0.497 e. The molecule has 0 unspecified atom stereocenters. The third-order valence-electron chi connectivity index (χ3n) is 9.32. The Morgan fingerprint density at radius 3 is 2.56 bits per heavy atom. The standard InChI is InChI=1S/C38H44N4O8/c1-37(2,3)50-36(46)40-28-15-11-7-10-14-24-21-38(24,35(45)48-5)41-33(43)31-19-26(22-42(31)34(28)44)49-32-20-29(23-12-8-6-9-13-23)39-30-18-25(47-4)16-17-27(30)32/h6,8-10,12-14,16-18,20,24,26,28,31H,7,11,15,19,21-22H2,1-5H3,(H,40,46)(H,41,43)/b14-10+/t24-,26+,28-,31-,38+/m0/s1. The predicted molar refractivity (Wildman–Crippen MR) is 185 cm³/mol. The number of pyridine rings is 1. The number of rotatable bonds is 6. The van der Waals surface area contributed by atoms with Gasteiger partial charge in [0, 0.05) is 35.4 Å². The molecule has 2 N–H and O–H groups in total. The van der Waals surface area contributed by atoms with Gasteiger partial charge < -0.3 is 34.5 Å². The second-order valence-electron chi connectivity index (χ2n) is 14.1. The Bertz CT molecular complexity index is 1810. The molecule has 2 fully saturated rings. The highest BCUT2D eigenvalue weighted by molar-refractivity contribution is 5.97. The van der Waals surface area contributed by atoms with Crippen molar-refractivity contribution in [3.8, 4) is 22.8 Å². The minimum absolute atomic E-state index is 0.0664. The van der Waals surface area contributed by atoms with Crippen LogP contribution >= 0.6 is 0 Å². The highest BCUT2D eigenvalue weighted by Gasteiger charge is 2.62. The number of carbonyl (C=O) groups is 4. The molecule has 1 aromatic heterocycles. The van der Waals surface area contributed by atoms with Crippen LogP contribution in [0.25, 0.3) is 22.2 Å². The summed E-state index contributed by atoms with van der Waals surface area (Å²) in [5, 5.41) is 6.43. The molecule has 3 aliphatic rings. The number of methoxy groups -OCH3 is 2. The minimum atomic E-state index is -1.21. The zero-order valence-corrected chi connectivity index (χ0v) is 29.1. The van der Waals surface area contributed by atoms with Gasteiger partial charge in [-0.05, 0) is 58.6 Å². The van der Waals surface area contributed by atoms with E-state index in [1.54, 1.807) is 27.9 Å². The predicted octanol–water partition coefficient (Wildman–Crippen LogP) is 4.94. The van der Waals surface area contributed by atoms with Gasteiger partial charge in [-0.15, -0.1) is 0 Å². The normalized spacial score (nSPS) is 25.8. The fourth-order valence-electron chi connectivity index (χ4n) is 6.75. The van der Waals surface area contributed by atoms with E-state index in [1.165, 1.54) is 12.0 Å².